The maximum atomic E-state index is 9.19. The fraction of sp³-hybridized carbons (Fsp3) is 0.706. The molecule has 2 N–H and O–H groups in total. The Hall–Kier alpha value is -1.30. The van der Waals surface area contributed by atoms with Crippen molar-refractivity contribution in [2.24, 2.45) is 10.9 Å². The molecule has 7 heteroatoms. The molecule has 0 amide bonds. The highest BCUT2D eigenvalue weighted by Gasteiger charge is 2.27. The first-order valence-electron chi connectivity index (χ1n) is 8.33. The molecule has 1 aliphatic carbocycles. The van der Waals surface area contributed by atoms with Gasteiger partial charge in [-0.2, -0.15) is 5.26 Å². The van der Waals surface area contributed by atoms with Crippen LogP contribution in [0.15, 0.2) is 15.6 Å². The Bertz CT molecular complexity index is 585. The Morgan fingerprint density at radius 2 is 2.21 bits per heavy atom. The fourth-order valence-corrected chi connectivity index (χ4v) is 2.66. The number of nitrogens with one attached hydrogen (secondary N) is 2. The van der Waals surface area contributed by atoms with Crippen molar-refractivity contribution in [3.63, 3.8) is 0 Å². The van der Waals surface area contributed by atoms with Crippen molar-refractivity contribution in [1.82, 2.24) is 15.6 Å². The van der Waals surface area contributed by atoms with Crippen molar-refractivity contribution >= 4 is 29.9 Å². The second-order valence-corrected chi connectivity index (χ2v) is 6.98. The minimum absolute atomic E-state index is 0. The van der Waals surface area contributed by atoms with Crippen molar-refractivity contribution in [2.45, 2.75) is 65.0 Å². The molecule has 1 saturated carbocycles. The van der Waals surface area contributed by atoms with Gasteiger partial charge in [0, 0.05) is 18.0 Å². The van der Waals surface area contributed by atoms with E-state index in [1.165, 1.54) is 0 Å². The van der Waals surface area contributed by atoms with E-state index in [1.807, 2.05) is 6.92 Å². The van der Waals surface area contributed by atoms with E-state index in [-0.39, 0.29) is 41.4 Å². The summed E-state index contributed by atoms with van der Waals surface area (Å²) in [6, 6.07) is 2.55. The van der Waals surface area contributed by atoms with E-state index in [0.717, 1.165) is 37.5 Å². The van der Waals surface area contributed by atoms with Gasteiger partial charge in [0.15, 0.2) is 5.96 Å². The monoisotopic (exact) mass is 445 g/mol. The van der Waals surface area contributed by atoms with E-state index in [0.29, 0.717) is 12.4 Å². The van der Waals surface area contributed by atoms with Gasteiger partial charge in [0.25, 0.3) is 0 Å². The second kappa shape index (κ2) is 9.25. The van der Waals surface area contributed by atoms with Crippen molar-refractivity contribution in [3.8, 4) is 6.07 Å². The summed E-state index contributed by atoms with van der Waals surface area (Å²) in [6.07, 6.45) is 4.83. The number of aliphatic imine (C=N–C) groups is 1. The lowest BCUT2D eigenvalue weighted by atomic mass is 9.94. The zero-order valence-electron chi connectivity index (χ0n) is 14.9. The van der Waals surface area contributed by atoms with Crippen LogP contribution in [0.3, 0.4) is 0 Å². The quantitative estimate of drug-likeness (QED) is 0.422. The molecule has 0 radical (unpaired) electrons. The number of nitrogens with zero attached hydrogens (tertiary/aromatic N) is 3. The van der Waals surface area contributed by atoms with E-state index in [9.17, 15) is 5.26 Å². The van der Waals surface area contributed by atoms with Gasteiger partial charge in [-0.05, 0) is 26.2 Å². The standard InChI is InChI=1S/C17H27N5O.HI/c1-5-19-16(22-13-8-6-7-12(13)9-18)21-11-15-20-10-14(23-15)17(2,3)4;/h10,12-13H,5-8,11H2,1-4H3,(H2,19,21,22);1H. The number of oxazole rings is 1. The number of halogens is 1. The number of rotatable bonds is 4. The van der Waals surface area contributed by atoms with E-state index in [2.05, 4.69) is 47.5 Å². The highest BCUT2D eigenvalue weighted by molar-refractivity contribution is 14.0. The molecule has 2 unspecified atom stereocenters. The minimum Gasteiger partial charge on any atom is -0.443 e. The third-order valence-electron chi connectivity index (χ3n) is 4.01. The Kier molecular flexibility index (Phi) is 8.00. The molecule has 0 aliphatic heterocycles. The molecule has 134 valence electrons. The first-order chi connectivity index (χ1) is 10.9. The van der Waals surface area contributed by atoms with Gasteiger partial charge >= 0.3 is 0 Å². The average molecular weight is 445 g/mol. The average Bonchev–Trinajstić information content (AvgIpc) is 3.13. The largest absolute Gasteiger partial charge is 0.443 e. The molecular weight excluding hydrogens is 417 g/mol. The lowest BCUT2D eigenvalue weighted by Crippen LogP contribution is -2.44. The summed E-state index contributed by atoms with van der Waals surface area (Å²) in [5, 5.41) is 15.8. The Balaban J connectivity index is 0.00000288. The predicted molar refractivity (Wildman–Crippen MR) is 105 cm³/mol. The highest BCUT2D eigenvalue weighted by atomic mass is 127. The van der Waals surface area contributed by atoms with Crippen molar-refractivity contribution in [1.29, 1.82) is 5.26 Å². The first kappa shape index (κ1) is 20.7. The van der Waals surface area contributed by atoms with Crippen LogP contribution in [0, 0.1) is 17.2 Å². The molecule has 1 fully saturated rings. The zero-order valence-corrected chi connectivity index (χ0v) is 17.3. The smallest absolute Gasteiger partial charge is 0.216 e. The summed E-state index contributed by atoms with van der Waals surface area (Å²) in [5.74, 6) is 2.25. The fourth-order valence-electron chi connectivity index (χ4n) is 2.66. The van der Waals surface area contributed by atoms with Gasteiger partial charge < -0.3 is 15.1 Å². The molecule has 1 heterocycles. The van der Waals surface area contributed by atoms with E-state index in [4.69, 9.17) is 4.42 Å². The van der Waals surface area contributed by atoms with Crippen LogP contribution >= 0.6 is 24.0 Å². The number of hydrogen-bond acceptors (Lipinski definition) is 4. The Morgan fingerprint density at radius 3 is 2.79 bits per heavy atom. The van der Waals surface area contributed by atoms with Crippen molar-refractivity contribution in [2.75, 3.05) is 6.54 Å². The van der Waals surface area contributed by atoms with Gasteiger partial charge in [0.05, 0.1) is 18.2 Å². The van der Waals surface area contributed by atoms with Gasteiger partial charge in [-0.3, -0.25) is 0 Å². The van der Waals surface area contributed by atoms with Crippen LogP contribution in [0.2, 0.25) is 0 Å². The maximum Gasteiger partial charge on any atom is 0.216 e. The molecule has 2 rings (SSSR count). The predicted octanol–water partition coefficient (Wildman–Crippen LogP) is 3.34. The number of aromatic nitrogens is 1. The second-order valence-electron chi connectivity index (χ2n) is 6.98. The van der Waals surface area contributed by atoms with Crippen molar-refractivity contribution in [3.05, 3.63) is 17.8 Å². The number of nitriles is 1. The van der Waals surface area contributed by atoms with Gasteiger partial charge in [-0.25, -0.2) is 9.98 Å². The molecule has 2 atom stereocenters. The molecule has 1 aromatic heterocycles. The van der Waals surface area contributed by atoms with Crippen LogP contribution in [0.5, 0.6) is 0 Å². The summed E-state index contributed by atoms with van der Waals surface area (Å²) in [7, 11) is 0. The summed E-state index contributed by atoms with van der Waals surface area (Å²) >= 11 is 0. The van der Waals surface area contributed by atoms with Gasteiger partial charge in [-0.1, -0.05) is 20.8 Å². The SMILES string of the molecule is CCNC(=NCc1ncc(C(C)(C)C)o1)NC1CCCC1C#N.I. The third-order valence-corrected chi connectivity index (χ3v) is 4.01. The van der Waals surface area contributed by atoms with Gasteiger partial charge in [0.2, 0.25) is 5.89 Å². The zero-order chi connectivity index (χ0) is 16.9. The first-order valence-corrected chi connectivity index (χ1v) is 8.33. The minimum atomic E-state index is -0.0540. The molecule has 1 aromatic rings. The van der Waals surface area contributed by atoms with Crippen LogP contribution in [0.4, 0.5) is 0 Å². The Morgan fingerprint density at radius 1 is 1.46 bits per heavy atom. The van der Waals surface area contributed by atoms with Crippen molar-refractivity contribution < 1.29 is 4.42 Å². The molecule has 0 aromatic carbocycles. The Labute approximate surface area is 161 Å². The lowest BCUT2D eigenvalue weighted by Gasteiger charge is -2.19. The summed E-state index contributed by atoms with van der Waals surface area (Å²) in [4.78, 5) is 8.84. The van der Waals surface area contributed by atoms with E-state index >= 15 is 0 Å². The molecule has 0 saturated heterocycles. The molecule has 0 spiro atoms. The summed E-state index contributed by atoms with van der Waals surface area (Å²) in [6.45, 7) is 9.46. The van der Waals surface area contributed by atoms with E-state index in [1.54, 1.807) is 6.20 Å². The number of guanidine groups is 1. The molecule has 1 aliphatic rings. The van der Waals surface area contributed by atoms with Crippen LogP contribution < -0.4 is 10.6 Å². The molecule has 24 heavy (non-hydrogen) atoms. The molecular formula is C17H28IN5O. The molecule has 6 nitrogen and oxygen atoms in total. The number of hydrogen-bond donors (Lipinski definition) is 2. The highest BCUT2D eigenvalue weighted by Crippen LogP contribution is 2.25. The van der Waals surface area contributed by atoms with Crippen LogP contribution in [-0.4, -0.2) is 23.5 Å². The lowest BCUT2D eigenvalue weighted by molar-refractivity contribution is 0.383. The topological polar surface area (TPSA) is 86.2 Å². The summed E-state index contributed by atoms with van der Waals surface area (Å²) in [5.41, 5.74) is -0.0540. The summed E-state index contributed by atoms with van der Waals surface area (Å²) < 4.78 is 5.76. The van der Waals surface area contributed by atoms with Gasteiger partial charge in [-0.15, -0.1) is 24.0 Å². The normalized spacial score (nSPS) is 21.0. The van der Waals surface area contributed by atoms with Crippen LogP contribution in [0.25, 0.3) is 0 Å². The third kappa shape index (κ3) is 5.65. The van der Waals surface area contributed by atoms with Crippen LogP contribution in [-0.2, 0) is 12.0 Å². The van der Waals surface area contributed by atoms with E-state index < -0.39 is 0 Å². The van der Waals surface area contributed by atoms with Crippen LogP contribution in [0.1, 0.15) is 58.6 Å². The molecule has 0 bridgehead atoms. The van der Waals surface area contributed by atoms with Gasteiger partial charge in [0.1, 0.15) is 12.3 Å². The maximum absolute atomic E-state index is 9.19.